The van der Waals surface area contributed by atoms with E-state index in [0.29, 0.717) is 15.8 Å². The second-order valence-corrected chi connectivity index (χ2v) is 5.97. The summed E-state index contributed by atoms with van der Waals surface area (Å²) in [7, 11) is 0. The standard InChI is InChI=1S/C15H11BrCl2N2O2/c16-11-3-6-14(13(18)7-11)22-9-15(21)20-19-8-10-1-4-12(17)5-2-10/h1-8H,9H2,(H,20,21)/b19-8+. The minimum absolute atomic E-state index is 0.181. The van der Waals surface area contributed by atoms with E-state index in [0.717, 1.165) is 10.0 Å². The molecule has 1 N–H and O–H groups in total. The molecule has 114 valence electrons. The molecule has 0 heterocycles. The fraction of sp³-hybridized carbons (Fsp3) is 0.0667. The first-order valence-corrected chi connectivity index (χ1v) is 7.75. The molecule has 0 radical (unpaired) electrons. The van der Waals surface area contributed by atoms with Gasteiger partial charge >= 0.3 is 0 Å². The van der Waals surface area contributed by atoms with Crippen LogP contribution in [0.4, 0.5) is 0 Å². The molecular formula is C15H11BrCl2N2O2. The molecule has 0 aliphatic heterocycles. The Kier molecular flexibility index (Phi) is 6.24. The van der Waals surface area contributed by atoms with Crippen molar-refractivity contribution in [3.8, 4) is 5.75 Å². The number of nitrogens with zero attached hydrogens (tertiary/aromatic N) is 1. The third-order valence-corrected chi connectivity index (χ3v) is 3.57. The van der Waals surface area contributed by atoms with E-state index >= 15 is 0 Å². The lowest BCUT2D eigenvalue weighted by Crippen LogP contribution is -2.24. The fourth-order valence-electron chi connectivity index (χ4n) is 1.50. The van der Waals surface area contributed by atoms with E-state index in [9.17, 15) is 4.79 Å². The van der Waals surface area contributed by atoms with Gasteiger partial charge < -0.3 is 4.74 Å². The monoisotopic (exact) mass is 400 g/mol. The third kappa shape index (κ3) is 5.33. The molecule has 0 atom stereocenters. The van der Waals surface area contributed by atoms with Crippen molar-refractivity contribution in [1.82, 2.24) is 5.43 Å². The molecule has 0 bridgehead atoms. The average molecular weight is 402 g/mol. The summed E-state index contributed by atoms with van der Waals surface area (Å²) in [5.41, 5.74) is 3.19. The SMILES string of the molecule is O=C(COc1ccc(Br)cc1Cl)N/N=C/c1ccc(Cl)cc1. The summed E-state index contributed by atoms with van der Waals surface area (Å²) in [4.78, 5) is 11.6. The first kappa shape index (κ1) is 16.8. The number of rotatable bonds is 5. The van der Waals surface area contributed by atoms with Gasteiger partial charge in [-0.05, 0) is 35.9 Å². The van der Waals surface area contributed by atoms with E-state index in [2.05, 4.69) is 26.5 Å². The molecule has 2 aromatic rings. The van der Waals surface area contributed by atoms with E-state index in [-0.39, 0.29) is 12.5 Å². The number of nitrogens with one attached hydrogen (secondary N) is 1. The van der Waals surface area contributed by atoms with Crippen LogP contribution < -0.4 is 10.2 Å². The van der Waals surface area contributed by atoms with Gasteiger partial charge in [0, 0.05) is 9.50 Å². The molecule has 2 aromatic carbocycles. The lowest BCUT2D eigenvalue weighted by Gasteiger charge is -2.07. The number of hydrogen-bond acceptors (Lipinski definition) is 3. The number of amides is 1. The van der Waals surface area contributed by atoms with Gasteiger partial charge in [0.2, 0.25) is 0 Å². The zero-order valence-electron chi connectivity index (χ0n) is 11.2. The van der Waals surface area contributed by atoms with Crippen LogP contribution in [0.5, 0.6) is 5.75 Å². The van der Waals surface area contributed by atoms with Gasteiger partial charge in [0.25, 0.3) is 5.91 Å². The summed E-state index contributed by atoms with van der Waals surface area (Å²) in [5.74, 6) is 0.0471. The molecule has 0 aromatic heterocycles. The van der Waals surface area contributed by atoms with Gasteiger partial charge in [-0.3, -0.25) is 4.79 Å². The van der Waals surface area contributed by atoms with Crippen LogP contribution in [0.15, 0.2) is 52.0 Å². The minimum atomic E-state index is -0.385. The predicted octanol–water partition coefficient (Wildman–Crippen LogP) is 4.29. The Morgan fingerprint density at radius 3 is 2.64 bits per heavy atom. The molecule has 0 aliphatic carbocycles. The van der Waals surface area contributed by atoms with Crippen molar-refractivity contribution in [3.63, 3.8) is 0 Å². The number of halogens is 3. The van der Waals surface area contributed by atoms with Crippen LogP contribution in [-0.2, 0) is 4.79 Å². The third-order valence-electron chi connectivity index (χ3n) is 2.53. The molecular weight excluding hydrogens is 391 g/mol. The van der Waals surface area contributed by atoms with Gasteiger partial charge in [0.15, 0.2) is 6.61 Å². The van der Waals surface area contributed by atoms with Gasteiger partial charge in [0.05, 0.1) is 11.2 Å². The predicted molar refractivity (Wildman–Crippen MR) is 91.8 cm³/mol. The van der Waals surface area contributed by atoms with Crippen molar-refractivity contribution in [2.75, 3.05) is 6.61 Å². The fourth-order valence-corrected chi connectivity index (χ4v) is 2.35. The zero-order chi connectivity index (χ0) is 15.9. The van der Waals surface area contributed by atoms with Crippen LogP contribution in [-0.4, -0.2) is 18.7 Å². The summed E-state index contributed by atoms with van der Waals surface area (Å²) in [6.45, 7) is -0.181. The van der Waals surface area contributed by atoms with Crippen LogP contribution in [0.3, 0.4) is 0 Å². The number of ether oxygens (including phenoxy) is 1. The van der Waals surface area contributed by atoms with Crippen molar-refractivity contribution in [3.05, 3.63) is 62.5 Å². The summed E-state index contributed by atoms with van der Waals surface area (Å²) in [5, 5.41) is 4.89. The summed E-state index contributed by atoms with van der Waals surface area (Å²) in [6.07, 6.45) is 1.51. The quantitative estimate of drug-likeness (QED) is 0.600. The number of hydrogen-bond donors (Lipinski definition) is 1. The van der Waals surface area contributed by atoms with E-state index in [1.54, 1.807) is 42.5 Å². The van der Waals surface area contributed by atoms with Crippen molar-refractivity contribution in [1.29, 1.82) is 0 Å². The van der Waals surface area contributed by atoms with Gasteiger partial charge in [-0.1, -0.05) is 51.3 Å². The smallest absolute Gasteiger partial charge is 0.277 e. The molecule has 0 aliphatic rings. The summed E-state index contributed by atoms with van der Waals surface area (Å²) >= 11 is 15.0. The van der Waals surface area contributed by atoms with Crippen LogP contribution in [0.2, 0.25) is 10.0 Å². The van der Waals surface area contributed by atoms with Crippen LogP contribution in [0.1, 0.15) is 5.56 Å². The van der Waals surface area contributed by atoms with Gasteiger partial charge in [-0.25, -0.2) is 5.43 Å². The number of carbonyl (C=O) groups is 1. The second-order valence-electron chi connectivity index (χ2n) is 4.21. The molecule has 0 unspecified atom stereocenters. The van der Waals surface area contributed by atoms with Gasteiger partial charge in [0.1, 0.15) is 5.75 Å². The van der Waals surface area contributed by atoms with E-state index in [1.807, 2.05) is 0 Å². The minimum Gasteiger partial charge on any atom is -0.482 e. The summed E-state index contributed by atoms with van der Waals surface area (Å²) < 4.78 is 6.15. The maximum Gasteiger partial charge on any atom is 0.277 e. The van der Waals surface area contributed by atoms with Crippen LogP contribution >= 0.6 is 39.1 Å². The van der Waals surface area contributed by atoms with Crippen molar-refractivity contribution in [2.24, 2.45) is 5.10 Å². The highest BCUT2D eigenvalue weighted by atomic mass is 79.9. The number of carbonyl (C=O) groups excluding carboxylic acids is 1. The van der Waals surface area contributed by atoms with E-state index in [4.69, 9.17) is 27.9 Å². The summed E-state index contributed by atoms with van der Waals surface area (Å²) in [6, 6.07) is 12.2. The Morgan fingerprint density at radius 1 is 1.23 bits per heavy atom. The lowest BCUT2D eigenvalue weighted by molar-refractivity contribution is -0.123. The average Bonchev–Trinajstić information content (AvgIpc) is 2.48. The number of hydrazone groups is 1. The first-order valence-electron chi connectivity index (χ1n) is 6.20. The van der Waals surface area contributed by atoms with Crippen LogP contribution in [0.25, 0.3) is 0 Å². The number of benzene rings is 2. The van der Waals surface area contributed by atoms with Gasteiger partial charge in [-0.2, -0.15) is 5.10 Å². The Balaban J connectivity index is 1.81. The Labute approximate surface area is 146 Å². The molecule has 22 heavy (non-hydrogen) atoms. The van der Waals surface area contributed by atoms with Gasteiger partial charge in [-0.15, -0.1) is 0 Å². The largest absolute Gasteiger partial charge is 0.482 e. The molecule has 0 fully saturated rings. The van der Waals surface area contributed by atoms with E-state index in [1.165, 1.54) is 6.21 Å². The Morgan fingerprint density at radius 2 is 1.95 bits per heavy atom. The van der Waals surface area contributed by atoms with Crippen molar-refractivity contribution in [2.45, 2.75) is 0 Å². The first-order chi connectivity index (χ1) is 10.5. The molecule has 4 nitrogen and oxygen atoms in total. The maximum absolute atomic E-state index is 11.6. The van der Waals surface area contributed by atoms with Crippen LogP contribution in [0, 0.1) is 0 Å². The highest BCUT2D eigenvalue weighted by Crippen LogP contribution is 2.27. The zero-order valence-corrected chi connectivity index (χ0v) is 14.3. The van der Waals surface area contributed by atoms with E-state index < -0.39 is 0 Å². The Hall–Kier alpha value is -1.56. The molecule has 0 saturated heterocycles. The highest BCUT2D eigenvalue weighted by Gasteiger charge is 2.05. The molecule has 1 amide bonds. The lowest BCUT2D eigenvalue weighted by atomic mass is 10.2. The normalized spacial score (nSPS) is 10.7. The molecule has 7 heteroatoms. The highest BCUT2D eigenvalue weighted by molar-refractivity contribution is 9.10. The van der Waals surface area contributed by atoms with Crippen molar-refractivity contribution >= 4 is 51.3 Å². The topological polar surface area (TPSA) is 50.7 Å². The Bertz CT molecular complexity index is 690. The maximum atomic E-state index is 11.6. The second kappa shape index (κ2) is 8.17. The molecule has 0 spiro atoms. The van der Waals surface area contributed by atoms with Crippen molar-refractivity contribution < 1.29 is 9.53 Å². The molecule has 0 saturated carbocycles. The molecule has 2 rings (SSSR count).